The van der Waals surface area contributed by atoms with E-state index >= 15 is 0 Å². The molecule has 1 atom stereocenters. The van der Waals surface area contributed by atoms with Gasteiger partial charge >= 0.3 is 0 Å². The Kier molecular flexibility index (Phi) is 8.81. The highest BCUT2D eigenvalue weighted by atomic mass is 79.9. The van der Waals surface area contributed by atoms with E-state index in [0.29, 0.717) is 39.1 Å². The lowest BCUT2D eigenvalue weighted by Gasteiger charge is -2.43. The lowest BCUT2D eigenvalue weighted by Crippen LogP contribution is -2.51. The summed E-state index contributed by atoms with van der Waals surface area (Å²) >= 11 is 3.56. The van der Waals surface area contributed by atoms with Crippen LogP contribution in [0, 0.1) is 5.41 Å². The van der Waals surface area contributed by atoms with Gasteiger partial charge in [0.25, 0.3) is 0 Å². The summed E-state index contributed by atoms with van der Waals surface area (Å²) in [6.07, 6.45) is 2.35. The van der Waals surface area contributed by atoms with Gasteiger partial charge in [-0.15, -0.1) is 0 Å². The van der Waals surface area contributed by atoms with Crippen LogP contribution in [0.15, 0.2) is 89.4 Å². The first-order valence-corrected chi connectivity index (χ1v) is 13.2. The molecule has 0 N–H and O–H groups in total. The largest absolute Gasteiger partial charge is 0.493 e. The van der Waals surface area contributed by atoms with Gasteiger partial charge < -0.3 is 14.5 Å². The van der Waals surface area contributed by atoms with E-state index in [-0.39, 0.29) is 11.8 Å². The third-order valence-corrected chi connectivity index (χ3v) is 7.59. The minimum atomic E-state index is -0.445. The summed E-state index contributed by atoms with van der Waals surface area (Å²) in [6, 6.07) is 27.5. The maximum absolute atomic E-state index is 13.4. The molecule has 1 aliphatic heterocycles. The molecule has 1 aliphatic rings. The molecule has 4 rings (SSSR count). The smallest absolute Gasteiger partial charge is 0.227 e. The number of piperidine rings is 1. The number of benzene rings is 3. The number of para-hydroxylation sites is 1. The Balaban J connectivity index is 1.49. The molecule has 0 aliphatic carbocycles. The van der Waals surface area contributed by atoms with E-state index in [9.17, 15) is 9.59 Å². The number of carbonyl (C=O) groups is 2. The van der Waals surface area contributed by atoms with Gasteiger partial charge in [-0.05, 0) is 42.2 Å². The summed E-state index contributed by atoms with van der Waals surface area (Å²) in [7, 11) is 1.85. The number of carbonyl (C=O) groups excluding carboxylic acids is 2. The van der Waals surface area contributed by atoms with Crippen LogP contribution >= 0.6 is 15.9 Å². The highest BCUT2D eigenvalue weighted by Crippen LogP contribution is 2.36. The third-order valence-electron chi connectivity index (χ3n) is 6.82. The third kappa shape index (κ3) is 6.97. The fourth-order valence-electron chi connectivity index (χ4n) is 4.80. The van der Waals surface area contributed by atoms with E-state index in [0.717, 1.165) is 34.2 Å². The highest BCUT2D eigenvalue weighted by molar-refractivity contribution is 9.10. The van der Waals surface area contributed by atoms with E-state index in [4.69, 9.17) is 4.74 Å². The monoisotopic (exact) mass is 548 g/mol. The molecule has 1 heterocycles. The van der Waals surface area contributed by atoms with Gasteiger partial charge in [-0.1, -0.05) is 82.7 Å². The molecule has 188 valence electrons. The first-order valence-electron chi connectivity index (χ1n) is 12.4. The summed E-state index contributed by atoms with van der Waals surface area (Å²) in [4.78, 5) is 30.4. The molecule has 2 amide bonds. The zero-order valence-electron chi connectivity index (χ0n) is 20.7. The van der Waals surface area contributed by atoms with Crippen molar-refractivity contribution in [2.45, 2.75) is 32.2 Å². The van der Waals surface area contributed by atoms with Gasteiger partial charge in [-0.25, -0.2) is 0 Å². The van der Waals surface area contributed by atoms with Gasteiger partial charge in [0.05, 0.1) is 13.0 Å². The van der Waals surface area contributed by atoms with Crippen LogP contribution in [-0.4, -0.2) is 48.4 Å². The summed E-state index contributed by atoms with van der Waals surface area (Å²) in [5, 5.41) is 0. The Morgan fingerprint density at radius 1 is 0.972 bits per heavy atom. The van der Waals surface area contributed by atoms with Crippen molar-refractivity contribution in [2.24, 2.45) is 5.41 Å². The first kappa shape index (κ1) is 26.0. The molecule has 5 nitrogen and oxygen atoms in total. The molecule has 6 heteroatoms. The zero-order chi connectivity index (χ0) is 25.4. The van der Waals surface area contributed by atoms with Gasteiger partial charge in [0.15, 0.2) is 0 Å². The quantitative estimate of drug-likeness (QED) is 0.343. The van der Waals surface area contributed by atoms with Crippen LogP contribution in [0.4, 0.5) is 0 Å². The van der Waals surface area contributed by atoms with E-state index in [1.54, 1.807) is 4.90 Å². The Hall–Kier alpha value is -3.12. The topological polar surface area (TPSA) is 49.9 Å². The fourth-order valence-corrected chi connectivity index (χ4v) is 5.23. The second-order valence-electron chi connectivity index (χ2n) is 9.70. The summed E-state index contributed by atoms with van der Waals surface area (Å²) in [6.45, 7) is 2.15. The molecule has 1 saturated heterocycles. The Bertz CT molecular complexity index is 1160. The predicted molar refractivity (Wildman–Crippen MR) is 146 cm³/mol. The second-order valence-corrected chi connectivity index (χ2v) is 10.6. The van der Waals surface area contributed by atoms with E-state index in [1.807, 2.05) is 96.9 Å². The molecule has 0 bridgehead atoms. The normalized spacial score (nSPS) is 17.4. The fraction of sp³-hybridized carbons (Fsp3) is 0.333. The molecule has 3 aromatic rings. The predicted octanol–water partition coefficient (Wildman–Crippen LogP) is 5.73. The number of halogens is 1. The highest BCUT2D eigenvalue weighted by Gasteiger charge is 2.40. The number of hydrogen-bond donors (Lipinski definition) is 0. The summed E-state index contributed by atoms with van der Waals surface area (Å²) in [5.41, 5.74) is 1.62. The molecule has 1 fully saturated rings. The Morgan fingerprint density at radius 2 is 1.64 bits per heavy atom. The van der Waals surface area contributed by atoms with Gasteiger partial charge in [0, 0.05) is 43.0 Å². The molecular weight excluding hydrogens is 516 g/mol. The molecule has 0 saturated carbocycles. The lowest BCUT2D eigenvalue weighted by atomic mass is 9.77. The molecule has 0 spiro atoms. The van der Waals surface area contributed by atoms with Gasteiger partial charge in [-0.3, -0.25) is 9.59 Å². The van der Waals surface area contributed by atoms with Crippen LogP contribution in [0.5, 0.6) is 5.75 Å². The average Bonchev–Trinajstić information content (AvgIpc) is 2.90. The van der Waals surface area contributed by atoms with Crippen LogP contribution in [-0.2, 0) is 22.6 Å². The van der Waals surface area contributed by atoms with Gasteiger partial charge in [0.1, 0.15) is 5.75 Å². The van der Waals surface area contributed by atoms with E-state index in [1.165, 1.54) is 0 Å². The minimum absolute atomic E-state index is 0.0654. The first-order chi connectivity index (χ1) is 17.4. The Morgan fingerprint density at radius 3 is 2.36 bits per heavy atom. The number of rotatable bonds is 9. The van der Waals surface area contributed by atoms with Crippen LogP contribution < -0.4 is 4.74 Å². The maximum Gasteiger partial charge on any atom is 0.227 e. The van der Waals surface area contributed by atoms with E-state index < -0.39 is 5.41 Å². The minimum Gasteiger partial charge on any atom is -0.493 e. The molecule has 3 aromatic carbocycles. The SMILES string of the molecule is CN(Cc1ccccc1)C(=O)CC1(COc2ccccc2)CCCN(C(=O)Cc2ccccc2Br)C1. The average molecular weight is 550 g/mol. The van der Waals surface area contributed by atoms with Crippen LogP contribution in [0.3, 0.4) is 0 Å². The number of nitrogens with zero attached hydrogens (tertiary/aromatic N) is 2. The standard InChI is InChI=1S/C30H33BrN2O3/c1-32(21-24-11-4-2-5-12-24)29(35)20-30(23-36-26-14-6-3-7-15-26)17-10-18-33(22-30)28(34)19-25-13-8-9-16-27(25)31/h2-9,11-16H,10,17-23H2,1H3. The van der Waals surface area contributed by atoms with Crippen LogP contribution in [0.25, 0.3) is 0 Å². The van der Waals surface area contributed by atoms with E-state index in [2.05, 4.69) is 15.9 Å². The summed E-state index contributed by atoms with van der Waals surface area (Å²) < 4.78 is 7.13. The molecule has 0 radical (unpaired) electrons. The van der Waals surface area contributed by atoms with Crippen molar-refractivity contribution >= 4 is 27.7 Å². The Labute approximate surface area is 222 Å². The second kappa shape index (κ2) is 12.2. The van der Waals surface area contributed by atoms with Crippen molar-refractivity contribution in [3.05, 3.63) is 101 Å². The molecule has 0 aromatic heterocycles. The molecular formula is C30H33BrN2O3. The number of hydrogen-bond acceptors (Lipinski definition) is 3. The number of ether oxygens (including phenoxy) is 1. The zero-order valence-corrected chi connectivity index (χ0v) is 22.3. The molecule has 1 unspecified atom stereocenters. The molecule has 36 heavy (non-hydrogen) atoms. The number of amides is 2. The van der Waals surface area contributed by atoms with Gasteiger partial charge in [0.2, 0.25) is 11.8 Å². The summed E-state index contributed by atoms with van der Waals surface area (Å²) in [5.74, 6) is 0.921. The van der Waals surface area contributed by atoms with Crippen LogP contribution in [0.1, 0.15) is 30.4 Å². The number of likely N-dealkylation sites (tertiary alicyclic amines) is 1. The van der Waals surface area contributed by atoms with Crippen molar-refractivity contribution in [2.75, 3.05) is 26.7 Å². The van der Waals surface area contributed by atoms with Crippen molar-refractivity contribution in [3.8, 4) is 5.75 Å². The maximum atomic E-state index is 13.4. The van der Waals surface area contributed by atoms with Gasteiger partial charge in [-0.2, -0.15) is 0 Å². The van der Waals surface area contributed by atoms with Crippen LogP contribution in [0.2, 0.25) is 0 Å². The van der Waals surface area contributed by atoms with Crippen molar-refractivity contribution in [1.29, 1.82) is 0 Å². The van der Waals surface area contributed by atoms with Crippen molar-refractivity contribution in [1.82, 2.24) is 9.80 Å². The van der Waals surface area contributed by atoms with Crippen molar-refractivity contribution in [3.63, 3.8) is 0 Å². The lowest BCUT2D eigenvalue weighted by molar-refractivity contribution is -0.140. The van der Waals surface area contributed by atoms with Crippen molar-refractivity contribution < 1.29 is 14.3 Å².